The second kappa shape index (κ2) is 7.33. The van der Waals surface area contributed by atoms with E-state index >= 15 is 0 Å². The predicted molar refractivity (Wildman–Crippen MR) is 86.4 cm³/mol. The lowest BCUT2D eigenvalue weighted by molar-refractivity contribution is -0.123. The van der Waals surface area contributed by atoms with Gasteiger partial charge in [0.2, 0.25) is 5.91 Å². The fourth-order valence-electron chi connectivity index (χ4n) is 2.94. The summed E-state index contributed by atoms with van der Waals surface area (Å²) in [5.74, 6) is 0.258. The first-order valence-corrected chi connectivity index (χ1v) is 7.99. The van der Waals surface area contributed by atoms with Gasteiger partial charge in [-0.3, -0.25) is 14.8 Å². The molecule has 1 aliphatic carbocycles. The van der Waals surface area contributed by atoms with E-state index in [1.807, 2.05) is 30.3 Å². The molecule has 0 saturated heterocycles. The summed E-state index contributed by atoms with van der Waals surface area (Å²) in [6.45, 7) is 0. The molecule has 3 rings (SSSR count). The maximum absolute atomic E-state index is 12.3. The summed E-state index contributed by atoms with van der Waals surface area (Å²) >= 11 is 0. The van der Waals surface area contributed by atoms with E-state index in [-0.39, 0.29) is 24.0 Å². The van der Waals surface area contributed by atoms with Crippen molar-refractivity contribution in [2.24, 2.45) is 5.92 Å². The van der Waals surface area contributed by atoms with Gasteiger partial charge in [-0.25, -0.2) is 0 Å². The molecule has 120 valence electrons. The average Bonchev–Trinajstić information content (AvgIpc) is 2.57. The van der Waals surface area contributed by atoms with Crippen molar-refractivity contribution in [3.05, 3.63) is 60.2 Å². The van der Waals surface area contributed by atoms with Crippen molar-refractivity contribution >= 4 is 5.91 Å². The molecule has 0 aliphatic heterocycles. The summed E-state index contributed by atoms with van der Waals surface area (Å²) in [7, 11) is 0. The van der Waals surface area contributed by atoms with E-state index in [0.29, 0.717) is 25.7 Å². The number of aliphatic hydroxyl groups excluding tert-OH is 1. The molecule has 2 aromatic heterocycles. The van der Waals surface area contributed by atoms with Gasteiger partial charge in [0.1, 0.15) is 0 Å². The highest BCUT2D eigenvalue weighted by molar-refractivity contribution is 5.76. The molecule has 2 aromatic rings. The zero-order valence-corrected chi connectivity index (χ0v) is 12.9. The third kappa shape index (κ3) is 4.13. The summed E-state index contributed by atoms with van der Waals surface area (Å²) in [5.41, 5.74) is 1.91. The van der Waals surface area contributed by atoms with Crippen LogP contribution < -0.4 is 5.32 Å². The van der Waals surface area contributed by atoms with Crippen LogP contribution in [0, 0.1) is 5.92 Å². The lowest BCUT2D eigenvalue weighted by atomic mass is 9.76. The van der Waals surface area contributed by atoms with E-state index in [1.165, 1.54) is 0 Å². The summed E-state index contributed by atoms with van der Waals surface area (Å²) in [5, 5.41) is 12.7. The van der Waals surface area contributed by atoms with Crippen LogP contribution in [0.15, 0.2) is 48.9 Å². The Morgan fingerprint density at radius 1 is 1.26 bits per heavy atom. The van der Waals surface area contributed by atoms with Crippen molar-refractivity contribution < 1.29 is 9.90 Å². The van der Waals surface area contributed by atoms with Crippen molar-refractivity contribution in [2.75, 3.05) is 0 Å². The summed E-state index contributed by atoms with van der Waals surface area (Å²) < 4.78 is 0. The van der Waals surface area contributed by atoms with Crippen LogP contribution in [0.5, 0.6) is 0 Å². The zero-order valence-electron chi connectivity index (χ0n) is 12.9. The van der Waals surface area contributed by atoms with Crippen LogP contribution in [0.1, 0.15) is 36.6 Å². The predicted octanol–water partition coefficient (Wildman–Crippen LogP) is 2.04. The fourth-order valence-corrected chi connectivity index (χ4v) is 2.94. The minimum atomic E-state index is -0.251. The van der Waals surface area contributed by atoms with Gasteiger partial charge in [0.25, 0.3) is 0 Å². The van der Waals surface area contributed by atoms with Crippen LogP contribution in [0.4, 0.5) is 0 Å². The lowest BCUT2D eigenvalue weighted by Crippen LogP contribution is -2.41. The Morgan fingerprint density at radius 2 is 2.13 bits per heavy atom. The molecule has 0 spiro atoms. The molecule has 1 aliphatic rings. The van der Waals surface area contributed by atoms with Crippen molar-refractivity contribution in [2.45, 2.75) is 37.8 Å². The van der Waals surface area contributed by atoms with Gasteiger partial charge in [-0.1, -0.05) is 12.1 Å². The van der Waals surface area contributed by atoms with E-state index in [2.05, 4.69) is 15.3 Å². The maximum Gasteiger partial charge on any atom is 0.220 e. The van der Waals surface area contributed by atoms with Crippen LogP contribution in [-0.2, 0) is 11.2 Å². The molecule has 5 heteroatoms. The third-order valence-corrected chi connectivity index (χ3v) is 4.31. The molecule has 2 N–H and O–H groups in total. The number of amides is 1. The monoisotopic (exact) mass is 311 g/mol. The zero-order chi connectivity index (χ0) is 16.1. The quantitative estimate of drug-likeness (QED) is 0.856. The number of hydrogen-bond donors (Lipinski definition) is 2. The minimum Gasteiger partial charge on any atom is -0.393 e. The Morgan fingerprint density at radius 3 is 2.78 bits per heavy atom. The third-order valence-electron chi connectivity index (χ3n) is 4.31. The molecule has 1 amide bonds. The van der Waals surface area contributed by atoms with E-state index in [9.17, 15) is 9.90 Å². The SMILES string of the molecule is O=C(CCc1cccnc1)N[C@@H](c1ccccn1)C1CC(O)C1. The fraction of sp³-hybridized carbons (Fsp3) is 0.389. The molecule has 1 saturated carbocycles. The number of nitrogens with zero attached hydrogens (tertiary/aromatic N) is 2. The average molecular weight is 311 g/mol. The molecule has 0 radical (unpaired) electrons. The normalized spacial score (nSPS) is 21.3. The first-order chi connectivity index (χ1) is 11.2. The van der Waals surface area contributed by atoms with Gasteiger partial charge in [-0.05, 0) is 48.9 Å². The van der Waals surface area contributed by atoms with E-state index in [1.54, 1.807) is 18.6 Å². The van der Waals surface area contributed by atoms with Crippen LogP contribution in [-0.4, -0.2) is 27.1 Å². The molecule has 2 heterocycles. The van der Waals surface area contributed by atoms with Crippen LogP contribution in [0.3, 0.4) is 0 Å². The van der Waals surface area contributed by atoms with Gasteiger partial charge in [0.05, 0.1) is 17.8 Å². The highest BCUT2D eigenvalue weighted by Crippen LogP contribution is 2.37. The van der Waals surface area contributed by atoms with Crippen molar-refractivity contribution in [3.8, 4) is 0 Å². The molecule has 1 fully saturated rings. The molecule has 0 aromatic carbocycles. The van der Waals surface area contributed by atoms with Crippen LogP contribution in [0.2, 0.25) is 0 Å². The molecule has 5 nitrogen and oxygen atoms in total. The smallest absolute Gasteiger partial charge is 0.220 e. The van der Waals surface area contributed by atoms with Crippen molar-refractivity contribution in [1.29, 1.82) is 0 Å². The topological polar surface area (TPSA) is 75.1 Å². The van der Waals surface area contributed by atoms with Gasteiger partial charge in [0, 0.05) is 25.0 Å². The van der Waals surface area contributed by atoms with Gasteiger partial charge in [-0.2, -0.15) is 0 Å². The van der Waals surface area contributed by atoms with Gasteiger partial charge >= 0.3 is 0 Å². The Hall–Kier alpha value is -2.27. The first kappa shape index (κ1) is 15.6. The molecule has 1 atom stereocenters. The standard InChI is InChI=1S/C18H21N3O2/c22-15-10-14(11-15)18(16-5-1-2-9-20-16)21-17(23)7-6-13-4-3-8-19-12-13/h1-5,8-9,12,14-15,18,22H,6-7,10-11H2,(H,21,23)/t14?,15?,18-/m1/s1. The van der Waals surface area contributed by atoms with Crippen LogP contribution >= 0.6 is 0 Å². The van der Waals surface area contributed by atoms with E-state index < -0.39 is 0 Å². The number of carbonyl (C=O) groups is 1. The van der Waals surface area contributed by atoms with Gasteiger partial charge in [0.15, 0.2) is 0 Å². The van der Waals surface area contributed by atoms with Crippen molar-refractivity contribution in [3.63, 3.8) is 0 Å². The number of pyridine rings is 2. The Balaban J connectivity index is 1.60. The number of aromatic nitrogens is 2. The number of nitrogens with one attached hydrogen (secondary N) is 1. The molecule has 0 unspecified atom stereocenters. The number of aryl methyl sites for hydroxylation is 1. The van der Waals surface area contributed by atoms with Gasteiger partial charge in [-0.15, -0.1) is 0 Å². The van der Waals surface area contributed by atoms with E-state index in [4.69, 9.17) is 0 Å². The Kier molecular flexibility index (Phi) is 4.98. The highest BCUT2D eigenvalue weighted by atomic mass is 16.3. The van der Waals surface area contributed by atoms with Crippen molar-refractivity contribution in [1.82, 2.24) is 15.3 Å². The molecular weight excluding hydrogens is 290 g/mol. The second-order valence-electron chi connectivity index (χ2n) is 6.05. The Labute approximate surface area is 135 Å². The molecular formula is C18H21N3O2. The largest absolute Gasteiger partial charge is 0.393 e. The number of rotatable bonds is 6. The maximum atomic E-state index is 12.3. The summed E-state index contributed by atoms with van der Waals surface area (Å²) in [6.07, 6.45) is 7.51. The lowest BCUT2D eigenvalue weighted by Gasteiger charge is -2.37. The highest BCUT2D eigenvalue weighted by Gasteiger charge is 2.36. The molecule has 0 bridgehead atoms. The Bertz CT molecular complexity index is 627. The number of carbonyl (C=O) groups excluding carboxylic acids is 1. The van der Waals surface area contributed by atoms with E-state index in [0.717, 1.165) is 11.3 Å². The minimum absolute atomic E-state index is 0.00546. The van der Waals surface area contributed by atoms with Gasteiger partial charge < -0.3 is 10.4 Å². The number of hydrogen-bond acceptors (Lipinski definition) is 4. The molecule has 23 heavy (non-hydrogen) atoms. The number of aliphatic hydroxyl groups is 1. The van der Waals surface area contributed by atoms with Crippen LogP contribution in [0.25, 0.3) is 0 Å². The first-order valence-electron chi connectivity index (χ1n) is 7.99. The summed E-state index contributed by atoms with van der Waals surface area (Å²) in [6, 6.07) is 9.43. The second-order valence-corrected chi connectivity index (χ2v) is 6.05. The summed E-state index contributed by atoms with van der Waals surface area (Å²) in [4.78, 5) is 20.7.